The number of fused-ring (bicyclic) bond motifs is 1. The molecule has 3 rings (SSSR count). The number of hydrogen-bond donors (Lipinski definition) is 2. The maximum atomic E-state index is 13.0. The van der Waals surface area contributed by atoms with Gasteiger partial charge in [0.1, 0.15) is 5.71 Å². The molecule has 0 saturated carbocycles. The van der Waals surface area contributed by atoms with E-state index in [4.69, 9.17) is 0 Å². The van der Waals surface area contributed by atoms with Gasteiger partial charge in [0.05, 0.1) is 11.0 Å². The smallest absolute Gasteiger partial charge is 0.240 e. The second-order valence-corrected chi connectivity index (χ2v) is 3.96. The van der Waals surface area contributed by atoms with E-state index in [9.17, 15) is 13.6 Å². The number of H-pyrrole nitrogens is 1. The number of hydrazone groups is 1. The van der Waals surface area contributed by atoms with Gasteiger partial charge in [0.15, 0.2) is 17.5 Å². The van der Waals surface area contributed by atoms with Gasteiger partial charge < -0.3 is 4.98 Å². The lowest BCUT2D eigenvalue weighted by Gasteiger charge is -2.08. The lowest BCUT2D eigenvalue weighted by atomic mass is 10.2. The molecule has 0 bridgehead atoms. The highest BCUT2D eigenvalue weighted by molar-refractivity contribution is 6.03. The van der Waals surface area contributed by atoms with Gasteiger partial charge in [0, 0.05) is 25.0 Å². The first-order chi connectivity index (χ1) is 8.63. The summed E-state index contributed by atoms with van der Waals surface area (Å²) in [7, 11) is 0. The van der Waals surface area contributed by atoms with Crippen LogP contribution in [0.5, 0.6) is 0 Å². The maximum Gasteiger partial charge on any atom is 0.240 e. The lowest BCUT2D eigenvalue weighted by molar-refractivity contribution is -0.121. The normalized spacial score (nSPS) is 14.8. The fourth-order valence-corrected chi connectivity index (χ4v) is 1.79. The topological polar surface area (TPSA) is 70.1 Å². The summed E-state index contributed by atoms with van der Waals surface area (Å²) in [6, 6.07) is 2.07. The number of nitrogens with zero attached hydrogens (tertiary/aromatic N) is 2. The van der Waals surface area contributed by atoms with Gasteiger partial charge in [-0.3, -0.25) is 4.79 Å². The highest BCUT2D eigenvalue weighted by Gasteiger charge is 2.17. The van der Waals surface area contributed by atoms with Crippen molar-refractivity contribution in [1.29, 1.82) is 0 Å². The fraction of sp³-hybridized carbons (Fsp3) is 0.182. The van der Waals surface area contributed by atoms with E-state index in [0.717, 1.165) is 12.1 Å². The zero-order chi connectivity index (χ0) is 12.7. The molecule has 0 aliphatic carbocycles. The van der Waals surface area contributed by atoms with E-state index in [-0.39, 0.29) is 18.3 Å². The number of carbonyl (C=O) groups excluding carboxylic acids is 1. The van der Waals surface area contributed by atoms with Crippen molar-refractivity contribution in [2.75, 3.05) is 0 Å². The van der Waals surface area contributed by atoms with Crippen LogP contribution in [0.25, 0.3) is 11.0 Å². The van der Waals surface area contributed by atoms with E-state index in [1.165, 1.54) is 0 Å². The number of carbonyl (C=O) groups is 1. The molecule has 0 fully saturated rings. The average molecular weight is 287 g/mol. The molecule has 1 aromatic carbocycles. The third kappa shape index (κ3) is 2.41. The van der Waals surface area contributed by atoms with Crippen molar-refractivity contribution in [2.45, 2.75) is 12.8 Å². The Morgan fingerprint density at radius 2 is 1.89 bits per heavy atom. The summed E-state index contributed by atoms with van der Waals surface area (Å²) >= 11 is 0. The highest BCUT2D eigenvalue weighted by Crippen LogP contribution is 2.18. The summed E-state index contributed by atoms with van der Waals surface area (Å²) in [5, 5.41) is 3.86. The van der Waals surface area contributed by atoms with Crippen molar-refractivity contribution in [2.24, 2.45) is 5.10 Å². The van der Waals surface area contributed by atoms with Crippen LogP contribution in [0.3, 0.4) is 0 Å². The number of halogens is 3. The summed E-state index contributed by atoms with van der Waals surface area (Å²) in [6.07, 6.45) is 0.759. The second kappa shape index (κ2) is 4.93. The van der Waals surface area contributed by atoms with Gasteiger partial charge >= 0.3 is 0 Å². The predicted octanol–water partition coefficient (Wildman–Crippen LogP) is 1.88. The lowest BCUT2D eigenvalue weighted by Crippen LogP contribution is -2.26. The molecule has 8 heteroatoms. The number of rotatable bonds is 1. The van der Waals surface area contributed by atoms with Gasteiger partial charge in [0.25, 0.3) is 0 Å². The third-order valence-corrected chi connectivity index (χ3v) is 2.70. The highest BCUT2D eigenvalue weighted by atomic mass is 35.5. The molecule has 1 aliphatic heterocycles. The van der Waals surface area contributed by atoms with Gasteiger partial charge in [-0.05, 0) is 0 Å². The molecule has 1 aliphatic rings. The Morgan fingerprint density at radius 3 is 2.58 bits per heavy atom. The number of aromatic nitrogens is 2. The molecule has 2 aromatic rings. The maximum absolute atomic E-state index is 13.0. The van der Waals surface area contributed by atoms with E-state index in [2.05, 4.69) is 20.5 Å². The molecule has 19 heavy (non-hydrogen) atoms. The van der Waals surface area contributed by atoms with Crippen LogP contribution >= 0.6 is 12.4 Å². The first kappa shape index (κ1) is 13.4. The molecule has 0 spiro atoms. The number of hydrogen-bond acceptors (Lipinski definition) is 3. The second-order valence-electron chi connectivity index (χ2n) is 3.96. The van der Waals surface area contributed by atoms with Crippen molar-refractivity contribution in [1.82, 2.24) is 15.4 Å². The van der Waals surface area contributed by atoms with E-state index in [1.807, 2.05) is 0 Å². The number of nitrogens with one attached hydrogen (secondary N) is 2. The first-order valence-corrected chi connectivity index (χ1v) is 5.34. The Balaban J connectivity index is 0.00000133. The zero-order valence-electron chi connectivity index (χ0n) is 9.54. The quantitative estimate of drug-likeness (QED) is 0.840. The summed E-state index contributed by atoms with van der Waals surface area (Å²) in [6.45, 7) is 0. The van der Waals surface area contributed by atoms with Crippen LogP contribution in [-0.2, 0) is 4.79 Å². The Hall–Kier alpha value is -2.02. The van der Waals surface area contributed by atoms with Crippen LogP contribution in [0.15, 0.2) is 17.2 Å². The third-order valence-electron chi connectivity index (χ3n) is 2.70. The van der Waals surface area contributed by atoms with Crippen molar-refractivity contribution in [3.8, 4) is 0 Å². The van der Waals surface area contributed by atoms with Crippen molar-refractivity contribution >= 4 is 35.1 Å². The monoisotopic (exact) mass is 286 g/mol. The molecule has 5 nitrogen and oxygen atoms in total. The largest absolute Gasteiger partial charge is 0.337 e. The summed E-state index contributed by atoms with van der Waals surface area (Å²) in [5.74, 6) is -1.63. The van der Waals surface area contributed by atoms with Crippen molar-refractivity contribution in [3.05, 3.63) is 29.6 Å². The van der Waals surface area contributed by atoms with Crippen LogP contribution in [0.4, 0.5) is 8.78 Å². The van der Waals surface area contributed by atoms with E-state index < -0.39 is 11.6 Å². The van der Waals surface area contributed by atoms with Gasteiger partial charge in [0.2, 0.25) is 5.91 Å². The van der Waals surface area contributed by atoms with E-state index >= 15 is 0 Å². The van der Waals surface area contributed by atoms with Gasteiger partial charge in [-0.2, -0.15) is 5.10 Å². The minimum Gasteiger partial charge on any atom is -0.337 e. The molecular weight excluding hydrogens is 278 g/mol. The number of aromatic amines is 1. The molecule has 0 atom stereocenters. The molecule has 1 aromatic heterocycles. The molecule has 0 saturated heterocycles. The summed E-state index contributed by atoms with van der Waals surface area (Å²) < 4.78 is 26.1. The van der Waals surface area contributed by atoms with E-state index in [1.54, 1.807) is 0 Å². The van der Waals surface area contributed by atoms with Crippen LogP contribution in [0.2, 0.25) is 0 Å². The Labute approximate surface area is 112 Å². The predicted molar refractivity (Wildman–Crippen MR) is 67.2 cm³/mol. The van der Waals surface area contributed by atoms with Crippen molar-refractivity contribution < 1.29 is 13.6 Å². The van der Waals surface area contributed by atoms with E-state index in [0.29, 0.717) is 35.4 Å². The first-order valence-electron chi connectivity index (χ1n) is 5.34. The summed E-state index contributed by atoms with van der Waals surface area (Å²) in [4.78, 5) is 17.9. The average Bonchev–Trinajstić information content (AvgIpc) is 2.73. The standard InChI is InChI=1S/C11H8F2N4O.ClH/c12-5-3-8-9(4-6(5)13)15-11(14-8)7-1-2-10(18)17-16-7;/h3-4H,1-2H2,(H,14,15)(H,17,18);1H. The van der Waals surface area contributed by atoms with Crippen LogP contribution < -0.4 is 5.43 Å². The Bertz CT molecular complexity index is 644. The summed E-state index contributed by atoms with van der Waals surface area (Å²) in [5.41, 5.74) is 3.62. The molecule has 0 unspecified atom stereocenters. The van der Waals surface area contributed by atoms with Gasteiger partial charge in [-0.15, -0.1) is 12.4 Å². The number of amides is 1. The Kier molecular flexibility index (Phi) is 3.48. The van der Waals surface area contributed by atoms with Crippen LogP contribution in [0, 0.1) is 11.6 Å². The molecule has 100 valence electrons. The molecule has 2 heterocycles. The number of imidazole rings is 1. The number of benzene rings is 1. The molecular formula is C11H9ClF2N4O. The van der Waals surface area contributed by atoms with Gasteiger partial charge in [-0.1, -0.05) is 0 Å². The fourth-order valence-electron chi connectivity index (χ4n) is 1.79. The molecule has 0 radical (unpaired) electrons. The van der Waals surface area contributed by atoms with Crippen LogP contribution in [-0.4, -0.2) is 21.6 Å². The van der Waals surface area contributed by atoms with Crippen LogP contribution in [0.1, 0.15) is 18.7 Å². The molecule has 2 N–H and O–H groups in total. The molecule has 1 amide bonds. The minimum absolute atomic E-state index is 0. The Morgan fingerprint density at radius 1 is 1.16 bits per heavy atom. The minimum atomic E-state index is -0.945. The SMILES string of the molecule is Cl.O=C1CCC(c2nc3cc(F)c(F)cc3[nH]2)=NN1. The van der Waals surface area contributed by atoms with Gasteiger partial charge in [-0.25, -0.2) is 19.2 Å². The zero-order valence-corrected chi connectivity index (χ0v) is 10.4. The van der Waals surface area contributed by atoms with Crippen molar-refractivity contribution in [3.63, 3.8) is 0 Å².